The molecule has 0 saturated carbocycles. The van der Waals surface area contributed by atoms with E-state index in [9.17, 15) is 0 Å². The molecule has 0 aliphatic heterocycles. The zero-order valence-corrected chi connectivity index (χ0v) is 4.63. The molecule has 0 aromatic heterocycles. The summed E-state index contributed by atoms with van der Waals surface area (Å²) in [6, 6.07) is 0. The molecule has 0 aliphatic carbocycles. The Labute approximate surface area is 50.2 Å². The van der Waals surface area contributed by atoms with Gasteiger partial charge in [0.1, 0.15) is 5.22 Å². The second-order valence-electron chi connectivity index (χ2n) is 0.747. The molecule has 0 atom stereocenters. The van der Waals surface area contributed by atoms with Crippen molar-refractivity contribution in [2.75, 3.05) is 7.05 Å². The van der Waals surface area contributed by atoms with Gasteiger partial charge in [-0.25, -0.2) is 0 Å². The van der Waals surface area contributed by atoms with Crippen LogP contribution in [0, 0.1) is 5.53 Å². The number of rotatable bonds is 3. The van der Waals surface area contributed by atoms with Crippen LogP contribution in [0.15, 0.2) is 31.2 Å². The van der Waals surface area contributed by atoms with Gasteiger partial charge in [0.2, 0.25) is 0 Å². The maximum Gasteiger partial charge on any atom is 0.171 e. The van der Waals surface area contributed by atoms with Gasteiger partial charge in [-0.3, -0.25) is 0 Å². The Hall–Kier alpha value is -1.60. The number of hydrogen-bond acceptors (Lipinski definition) is 2. The predicted molar refractivity (Wildman–Crippen MR) is 25.3 cm³/mol. The van der Waals surface area contributed by atoms with E-state index < -0.39 is 0 Å². The molecule has 0 unspecified atom stereocenters. The smallest absolute Gasteiger partial charge is 0.168 e. The van der Waals surface area contributed by atoms with Gasteiger partial charge in [0.25, 0.3) is 0 Å². The Balaban J connectivity index is 3.46. The fraction of sp³-hybridized carbons (Fsp3) is 1.00. The highest BCUT2D eigenvalue weighted by Crippen LogP contribution is 1.71. The van der Waals surface area contributed by atoms with Gasteiger partial charge in [0, 0.05) is 0 Å². The summed E-state index contributed by atoms with van der Waals surface area (Å²) >= 11 is 0. The molecule has 0 fully saturated rings. The standard InChI is InChI=1S/CH4N8/c1-3-5-7-9-8-6-4-2/h2H,1H3/q+1. The molecule has 1 radical (unpaired) electrons. The number of hydrogen-bond donors (Lipinski definition) is 1. The van der Waals surface area contributed by atoms with Crippen molar-refractivity contribution in [1.82, 2.24) is 5.22 Å². The molecule has 0 spiro atoms. The van der Waals surface area contributed by atoms with Crippen LogP contribution in [0.3, 0.4) is 0 Å². The third-order valence-corrected chi connectivity index (χ3v) is 0.294. The number of nitrogens with one attached hydrogen (secondary N) is 1. The summed E-state index contributed by atoms with van der Waals surface area (Å²) in [6.07, 6.45) is 0. The summed E-state index contributed by atoms with van der Waals surface area (Å²) in [6.45, 7) is 0. The molecule has 0 aromatic carbocycles. The van der Waals surface area contributed by atoms with Crippen molar-refractivity contribution in [2.24, 2.45) is 31.2 Å². The van der Waals surface area contributed by atoms with Crippen LogP contribution in [0.25, 0.3) is 0 Å². The van der Waals surface area contributed by atoms with Crippen LogP contribution in [0.2, 0.25) is 0 Å². The van der Waals surface area contributed by atoms with E-state index in [1.54, 1.807) is 0 Å². The summed E-state index contributed by atoms with van der Waals surface area (Å²) < 4.78 is 0. The van der Waals surface area contributed by atoms with Gasteiger partial charge in [-0.15, -0.1) is 0 Å². The maximum atomic E-state index is 6.09. The lowest BCUT2D eigenvalue weighted by Gasteiger charge is -1.51. The first kappa shape index (κ1) is 7.40. The topological polar surface area (TPSA) is 112 Å². The van der Waals surface area contributed by atoms with Crippen molar-refractivity contribution in [2.45, 2.75) is 0 Å². The van der Waals surface area contributed by atoms with Gasteiger partial charge in [0.05, 0.1) is 12.3 Å². The van der Waals surface area contributed by atoms with Gasteiger partial charge in [-0.2, -0.15) is 5.53 Å². The highest BCUT2D eigenvalue weighted by molar-refractivity contribution is 4.02. The highest BCUT2D eigenvalue weighted by atomic mass is 15.6. The molecular weight excluding hydrogens is 124 g/mol. The van der Waals surface area contributed by atoms with Crippen LogP contribution >= 0.6 is 0 Å². The normalized spacial score (nSPS) is 12.1. The first-order valence-corrected chi connectivity index (χ1v) is 1.87. The van der Waals surface area contributed by atoms with Crippen molar-refractivity contribution in [1.29, 1.82) is 5.53 Å². The van der Waals surface area contributed by atoms with Gasteiger partial charge in [-0.05, 0) is 0 Å². The lowest BCUT2D eigenvalue weighted by molar-refractivity contribution is 0.723. The van der Waals surface area contributed by atoms with E-state index in [2.05, 4.69) is 36.5 Å². The Morgan fingerprint density at radius 1 is 1.33 bits per heavy atom. The molecule has 0 heterocycles. The van der Waals surface area contributed by atoms with Crippen molar-refractivity contribution in [3.8, 4) is 0 Å². The minimum Gasteiger partial charge on any atom is -0.168 e. The van der Waals surface area contributed by atoms with Gasteiger partial charge < -0.3 is 0 Å². The Morgan fingerprint density at radius 3 is 2.67 bits per heavy atom. The second-order valence-corrected chi connectivity index (χ2v) is 0.747. The van der Waals surface area contributed by atoms with E-state index in [4.69, 9.17) is 5.53 Å². The second kappa shape index (κ2) is 6.40. The molecule has 0 bridgehead atoms. The summed E-state index contributed by atoms with van der Waals surface area (Å²) in [7, 11) is 1.44. The van der Waals surface area contributed by atoms with Gasteiger partial charge >= 0.3 is 0 Å². The summed E-state index contributed by atoms with van der Waals surface area (Å²) in [5.41, 5.74) is 6.09. The highest BCUT2D eigenvalue weighted by Gasteiger charge is 1.76. The van der Waals surface area contributed by atoms with Crippen molar-refractivity contribution < 1.29 is 0 Å². The Morgan fingerprint density at radius 2 is 2.11 bits per heavy atom. The minimum atomic E-state index is 1.44. The summed E-state index contributed by atoms with van der Waals surface area (Å²) in [5, 5.41) is 20.5. The average molecular weight is 128 g/mol. The van der Waals surface area contributed by atoms with E-state index in [1.165, 1.54) is 7.05 Å². The number of nitrogens with zero attached hydrogens (tertiary/aromatic N) is 7. The SMILES string of the molecule is CN=NN=[N+]N=NN=N. The van der Waals surface area contributed by atoms with E-state index in [1.807, 2.05) is 0 Å². The molecule has 47 valence electrons. The maximum absolute atomic E-state index is 6.09. The molecule has 0 aromatic rings. The molecule has 1 N–H and O–H groups in total. The van der Waals surface area contributed by atoms with Gasteiger partial charge in [0.15, 0.2) is 20.9 Å². The molecule has 8 nitrogen and oxygen atoms in total. The Bertz CT molecular complexity index is 141. The summed E-state index contributed by atoms with van der Waals surface area (Å²) in [5.74, 6) is 0. The fourth-order valence-corrected chi connectivity index (χ4v) is 0.114. The summed E-state index contributed by atoms with van der Waals surface area (Å²) in [4.78, 5) is 0. The third kappa shape index (κ3) is 6.40. The zero-order valence-electron chi connectivity index (χ0n) is 4.63. The molecule has 0 rings (SSSR count). The first-order chi connectivity index (χ1) is 4.41. The van der Waals surface area contributed by atoms with Crippen molar-refractivity contribution >= 4 is 0 Å². The molecule has 0 aliphatic rings. The predicted octanol–water partition coefficient (Wildman–Crippen LogP) is 1.08. The van der Waals surface area contributed by atoms with Crippen LogP contribution in [0.4, 0.5) is 0 Å². The fourth-order valence-electron chi connectivity index (χ4n) is 0.114. The Kier molecular flexibility index (Phi) is 5.26. The minimum absolute atomic E-state index is 1.44. The largest absolute Gasteiger partial charge is 0.171 e. The van der Waals surface area contributed by atoms with Crippen LogP contribution in [0.1, 0.15) is 0 Å². The van der Waals surface area contributed by atoms with Gasteiger partial charge in [-0.1, -0.05) is 5.11 Å². The van der Waals surface area contributed by atoms with Crippen molar-refractivity contribution in [3.63, 3.8) is 0 Å². The molecule has 0 saturated heterocycles. The zero-order chi connectivity index (χ0) is 6.95. The van der Waals surface area contributed by atoms with Crippen LogP contribution in [-0.4, -0.2) is 7.05 Å². The van der Waals surface area contributed by atoms with Crippen LogP contribution < -0.4 is 5.22 Å². The van der Waals surface area contributed by atoms with Crippen LogP contribution in [-0.2, 0) is 0 Å². The average Bonchev–Trinajstić information content (AvgIpc) is 1.89. The van der Waals surface area contributed by atoms with E-state index in [0.29, 0.717) is 0 Å². The van der Waals surface area contributed by atoms with E-state index >= 15 is 0 Å². The quantitative estimate of drug-likeness (QED) is 0.433. The molecular formula is CH4N8+. The van der Waals surface area contributed by atoms with E-state index in [0.717, 1.165) is 0 Å². The molecule has 9 heavy (non-hydrogen) atoms. The van der Waals surface area contributed by atoms with Crippen molar-refractivity contribution in [3.05, 3.63) is 0 Å². The monoisotopic (exact) mass is 128 g/mol. The molecule has 8 heteroatoms. The lowest BCUT2D eigenvalue weighted by atomic mass is 11.6. The molecule has 0 amide bonds. The lowest BCUT2D eigenvalue weighted by Crippen LogP contribution is -1.64. The van der Waals surface area contributed by atoms with Crippen LogP contribution in [0.5, 0.6) is 0 Å². The first-order valence-electron chi connectivity index (χ1n) is 1.87. The third-order valence-electron chi connectivity index (χ3n) is 0.294. The van der Waals surface area contributed by atoms with E-state index in [-0.39, 0.29) is 0 Å².